The highest BCUT2D eigenvalue weighted by Gasteiger charge is 2.39. The Morgan fingerprint density at radius 1 is 1.32 bits per heavy atom. The highest BCUT2D eigenvalue weighted by Crippen LogP contribution is 2.28. The molecular weight excluding hydrogens is 391 g/mol. The van der Waals surface area contributed by atoms with Crippen molar-refractivity contribution >= 4 is 30.2 Å². The lowest BCUT2D eigenvalue weighted by atomic mass is 10.2. The number of carboxylic acid groups (broad SMARTS) is 1. The van der Waals surface area contributed by atoms with Crippen molar-refractivity contribution < 1.29 is 23.8 Å². The second kappa shape index (κ2) is 7.99. The number of piperazine rings is 1. The molecule has 0 saturated carbocycles. The van der Waals surface area contributed by atoms with E-state index >= 15 is 0 Å². The summed E-state index contributed by atoms with van der Waals surface area (Å²) in [5, 5.41) is 12.1. The first-order chi connectivity index (χ1) is 13.0. The van der Waals surface area contributed by atoms with E-state index in [2.05, 4.69) is 10.3 Å². The van der Waals surface area contributed by atoms with Gasteiger partial charge in [0.2, 0.25) is 0 Å². The van der Waals surface area contributed by atoms with E-state index in [1.165, 1.54) is 18.3 Å². The van der Waals surface area contributed by atoms with Crippen molar-refractivity contribution in [1.82, 2.24) is 15.2 Å². The van der Waals surface area contributed by atoms with E-state index in [1.807, 2.05) is 4.90 Å². The number of nitrogens with one attached hydrogen (secondary N) is 1. The SMILES string of the molecule is Cl.O=C(O)c1ccc(Oc2ccc(N3CC4CNCCN4C3=O)nc2)c(F)c1. The fourth-order valence-corrected chi connectivity index (χ4v) is 3.25. The molecule has 2 aromatic rings. The van der Waals surface area contributed by atoms with E-state index in [0.29, 0.717) is 18.9 Å². The van der Waals surface area contributed by atoms with Crippen LogP contribution < -0.4 is 15.0 Å². The normalized spacial score (nSPS) is 18.5. The van der Waals surface area contributed by atoms with Gasteiger partial charge in [0.1, 0.15) is 11.6 Å². The number of halogens is 2. The summed E-state index contributed by atoms with van der Waals surface area (Å²) >= 11 is 0. The van der Waals surface area contributed by atoms with Crippen LogP contribution in [0.2, 0.25) is 0 Å². The van der Waals surface area contributed by atoms with Crippen LogP contribution in [-0.2, 0) is 0 Å². The van der Waals surface area contributed by atoms with Gasteiger partial charge in [-0.1, -0.05) is 0 Å². The monoisotopic (exact) mass is 408 g/mol. The fourth-order valence-electron chi connectivity index (χ4n) is 3.25. The Balaban J connectivity index is 0.00000225. The summed E-state index contributed by atoms with van der Waals surface area (Å²) in [4.78, 5) is 31.1. The van der Waals surface area contributed by atoms with Crippen LogP contribution in [0.25, 0.3) is 0 Å². The Hall–Kier alpha value is -2.91. The molecule has 0 aliphatic carbocycles. The smallest absolute Gasteiger partial charge is 0.335 e. The Kier molecular flexibility index (Phi) is 5.66. The van der Waals surface area contributed by atoms with Gasteiger partial charge in [-0.2, -0.15) is 0 Å². The third-order valence-corrected chi connectivity index (χ3v) is 4.62. The molecule has 2 N–H and O–H groups in total. The second-order valence-corrected chi connectivity index (χ2v) is 6.35. The molecule has 0 bridgehead atoms. The summed E-state index contributed by atoms with van der Waals surface area (Å²) in [6.45, 7) is 2.77. The average molecular weight is 409 g/mol. The Bertz CT molecular complexity index is 896. The molecule has 28 heavy (non-hydrogen) atoms. The number of hydrogen-bond acceptors (Lipinski definition) is 5. The van der Waals surface area contributed by atoms with Crippen molar-refractivity contribution in [3.8, 4) is 11.5 Å². The Morgan fingerprint density at radius 3 is 2.79 bits per heavy atom. The molecule has 2 saturated heterocycles. The number of ether oxygens (including phenoxy) is 1. The van der Waals surface area contributed by atoms with Crippen LogP contribution in [0.4, 0.5) is 15.0 Å². The van der Waals surface area contributed by atoms with Crippen LogP contribution in [0, 0.1) is 5.82 Å². The first kappa shape index (κ1) is 19.8. The van der Waals surface area contributed by atoms with Gasteiger partial charge in [0, 0.05) is 19.6 Å². The molecule has 1 aromatic heterocycles. The summed E-state index contributed by atoms with van der Waals surface area (Å²) in [5.41, 5.74) is -0.160. The molecule has 1 atom stereocenters. The predicted octanol–water partition coefficient (Wildman–Crippen LogP) is 2.35. The molecule has 2 amide bonds. The van der Waals surface area contributed by atoms with Crippen molar-refractivity contribution in [2.45, 2.75) is 6.04 Å². The molecule has 10 heteroatoms. The standard InChI is InChI=1S/C18H17FN4O4.ClH/c19-14-7-11(17(24)25)1-3-15(14)27-13-2-4-16(21-9-13)23-10-12-8-20-5-6-22(12)18(23)26;/h1-4,7,9,12,20H,5-6,8,10H2,(H,24,25);1H. The Morgan fingerprint density at radius 2 is 2.14 bits per heavy atom. The van der Waals surface area contributed by atoms with E-state index < -0.39 is 11.8 Å². The molecular formula is C18H18ClFN4O4. The fraction of sp³-hybridized carbons (Fsp3) is 0.278. The first-order valence-electron chi connectivity index (χ1n) is 8.48. The zero-order valence-corrected chi connectivity index (χ0v) is 15.5. The van der Waals surface area contributed by atoms with E-state index in [0.717, 1.165) is 19.2 Å². The van der Waals surface area contributed by atoms with E-state index in [-0.39, 0.29) is 41.5 Å². The molecule has 0 radical (unpaired) electrons. The number of carbonyl (C=O) groups excluding carboxylic acids is 1. The third-order valence-electron chi connectivity index (χ3n) is 4.62. The molecule has 2 aliphatic rings. The summed E-state index contributed by atoms with van der Waals surface area (Å²) in [6.07, 6.45) is 1.41. The maximum absolute atomic E-state index is 14.0. The van der Waals surface area contributed by atoms with Crippen molar-refractivity contribution in [3.63, 3.8) is 0 Å². The van der Waals surface area contributed by atoms with Gasteiger partial charge in [-0.05, 0) is 30.3 Å². The average Bonchev–Trinajstić information content (AvgIpc) is 3.01. The van der Waals surface area contributed by atoms with E-state index in [4.69, 9.17) is 9.84 Å². The Labute approximate surface area is 166 Å². The quantitative estimate of drug-likeness (QED) is 0.806. The molecule has 1 unspecified atom stereocenters. The predicted molar refractivity (Wildman–Crippen MR) is 101 cm³/mol. The minimum Gasteiger partial charge on any atom is -0.478 e. The van der Waals surface area contributed by atoms with Gasteiger partial charge in [-0.15, -0.1) is 12.4 Å². The van der Waals surface area contributed by atoms with Crippen LogP contribution in [0.15, 0.2) is 36.5 Å². The van der Waals surface area contributed by atoms with Crippen LogP contribution in [0.3, 0.4) is 0 Å². The summed E-state index contributed by atoms with van der Waals surface area (Å²) in [7, 11) is 0. The van der Waals surface area contributed by atoms with E-state index in [9.17, 15) is 14.0 Å². The molecule has 0 spiro atoms. The maximum Gasteiger partial charge on any atom is 0.335 e. The minimum absolute atomic E-state index is 0. The van der Waals surface area contributed by atoms with Crippen LogP contribution in [-0.4, -0.2) is 59.2 Å². The number of aromatic nitrogens is 1. The highest BCUT2D eigenvalue weighted by molar-refractivity contribution is 5.94. The zero-order valence-electron chi connectivity index (χ0n) is 14.7. The largest absolute Gasteiger partial charge is 0.478 e. The molecule has 2 fully saturated rings. The minimum atomic E-state index is -1.21. The summed E-state index contributed by atoms with van der Waals surface area (Å²) in [5.74, 6) is -1.31. The molecule has 148 valence electrons. The van der Waals surface area contributed by atoms with Crippen LogP contribution in [0.5, 0.6) is 11.5 Å². The molecule has 1 aromatic carbocycles. The van der Waals surface area contributed by atoms with Gasteiger partial charge >= 0.3 is 12.0 Å². The molecule has 3 heterocycles. The van der Waals surface area contributed by atoms with Gasteiger partial charge in [-0.25, -0.2) is 19.0 Å². The number of benzene rings is 1. The van der Waals surface area contributed by atoms with Crippen LogP contribution in [0.1, 0.15) is 10.4 Å². The number of carboxylic acids is 1. The lowest BCUT2D eigenvalue weighted by Gasteiger charge is -2.28. The number of urea groups is 1. The highest BCUT2D eigenvalue weighted by atomic mass is 35.5. The van der Waals surface area contributed by atoms with Crippen molar-refractivity contribution in [1.29, 1.82) is 0 Å². The number of pyridine rings is 1. The lowest BCUT2D eigenvalue weighted by molar-refractivity contribution is 0.0696. The van der Waals surface area contributed by atoms with E-state index in [1.54, 1.807) is 17.0 Å². The summed E-state index contributed by atoms with van der Waals surface area (Å²) in [6, 6.07) is 6.70. The van der Waals surface area contributed by atoms with Gasteiger partial charge in [-0.3, -0.25) is 4.90 Å². The van der Waals surface area contributed by atoms with Crippen molar-refractivity contribution in [3.05, 3.63) is 47.9 Å². The topological polar surface area (TPSA) is 95.0 Å². The van der Waals surface area contributed by atoms with Gasteiger partial charge in [0.25, 0.3) is 0 Å². The lowest BCUT2D eigenvalue weighted by Crippen LogP contribution is -2.49. The number of fused-ring (bicyclic) bond motifs is 1. The zero-order chi connectivity index (χ0) is 19.0. The summed E-state index contributed by atoms with van der Waals surface area (Å²) < 4.78 is 19.4. The molecule has 8 nitrogen and oxygen atoms in total. The number of rotatable bonds is 4. The van der Waals surface area contributed by atoms with Gasteiger partial charge in [0.15, 0.2) is 11.6 Å². The molecule has 2 aliphatic heterocycles. The van der Waals surface area contributed by atoms with Crippen molar-refractivity contribution in [2.75, 3.05) is 31.1 Å². The number of nitrogens with zero attached hydrogens (tertiary/aromatic N) is 3. The van der Waals surface area contributed by atoms with Crippen LogP contribution >= 0.6 is 12.4 Å². The van der Waals surface area contributed by atoms with Gasteiger partial charge < -0.3 is 20.1 Å². The number of hydrogen-bond donors (Lipinski definition) is 2. The second-order valence-electron chi connectivity index (χ2n) is 6.35. The number of amides is 2. The first-order valence-corrected chi connectivity index (χ1v) is 8.48. The number of carbonyl (C=O) groups is 2. The third kappa shape index (κ3) is 3.71. The van der Waals surface area contributed by atoms with Gasteiger partial charge in [0.05, 0.1) is 24.3 Å². The maximum atomic E-state index is 14.0. The van der Waals surface area contributed by atoms with Crippen molar-refractivity contribution in [2.24, 2.45) is 0 Å². The number of aromatic carboxylic acids is 1. The molecule has 4 rings (SSSR count). The number of anilines is 1.